The van der Waals surface area contributed by atoms with E-state index in [2.05, 4.69) is 40.7 Å². The fourth-order valence-electron chi connectivity index (χ4n) is 2.20. The van der Waals surface area contributed by atoms with Crippen LogP contribution in [-0.2, 0) is 0 Å². The first kappa shape index (κ1) is 12.2. The average Bonchev–Trinajstić information content (AvgIpc) is 3.00. The van der Waals surface area contributed by atoms with Crippen molar-refractivity contribution in [3.63, 3.8) is 0 Å². The van der Waals surface area contributed by atoms with Crippen molar-refractivity contribution >= 4 is 16.3 Å². The maximum atomic E-state index is 5.50. The van der Waals surface area contributed by atoms with Crippen LogP contribution in [0.25, 0.3) is 16.2 Å². The highest BCUT2D eigenvalue weighted by Gasteiger charge is 2.13. The molecule has 4 heteroatoms. The zero-order valence-electron chi connectivity index (χ0n) is 11.3. The summed E-state index contributed by atoms with van der Waals surface area (Å²) in [5.74, 6) is 1.40. The fraction of sp³-hybridized carbons (Fsp3) is 0.267. The van der Waals surface area contributed by atoms with Crippen LogP contribution in [0.15, 0.2) is 36.0 Å². The Morgan fingerprint density at radius 3 is 2.89 bits per heavy atom. The molecule has 1 aromatic carbocycles. The Hall–Kier alpha value is -1.81. The van der Waals surface area contributed by atoms with Gasteiger partial charge in [-0.3, -0.25) is 4.40 Å². The van der Waals surface area contributed by atoms with Gasteiger partial charge in [0.15, 0.2) is 4.96 Å². The summed E-state index contributed by atoms with van der Waals surface area (Å²) in [6.45, 7) is 4.40. The van der Waals surface area contributed by atoms with Crippen molar-refractivity contribution < 1.29 is 4.74 Å². The number of rotatable bonds is 3. The summed E-state index contributed by atoms with van der Waals surface area (Å²) >= 11 is 1.65. The van der Waals surface area contributed by atoms with Crippen LogP contribution in [0.3, 0.4) is 0 Å². The van der Waals surface area contributed by atoms with E-state index in [0.29, 0.717) is 5.92 Å². The number of nitrogens with zero attached hydrogens (tertiary/aromatic N) is 2. The van der Waals surface area contributed by atoms with Crippen molar-refractivity contribution in [1.82, 2.24) is 9.38 Å². The van der Waals surface area contributed by atoms with Crippen LogP contribution < -0.4 is 4.74 Å². The van der Waals surface area contributed by atoms with E-state index >= 15 is 0 Å². The summed E-state index contributed by atoms with van der Waals surface area (Å²) in [6.07, 6.45) is 3.82. The van der Waals surface area contributed by atoms with Gasteiger partial charge in [0, 0.05) is 23.3 Å². The number of imidazole rings is 1. The molecule has 2 aromatic heterocycles. The standard InChI is InChI=1S/C15H16N2OS/c1-10(2)11-4-5-14(18-3)12(8-11)13-9-19-15-16-6-7-17(13)15/h4-10H,1-3H3. The quantitative estimate of drug-likeness (QED) is 0.714. The third-order valence-corrected chi connectivity index (χ3v) is 4.16. The molecule has 3 rings (SSSR count). The van der Waals surface area contributed by atoms with Gasteiger partial charge in [-0.2, -0.15) is 0 Å². The van der Waals surface area contributed by atoms with Gasteiger partial charge in [0.1, 0.15) is 5.75 Å². The number of methoxy groups -OCH3 is 1. The molecule has 0 aliphatic rings. The monoisotopic (exact) mass is 272 g/mol. The molecule has 2 heterocycles. The van der Waals surface area contributed by atoms with Crippen LogP contribution in [0.2, 0.25) is 0 Å². The van der Waals surface area contributed by atoms with Crippen molar-refractivity contribution in [1.29, 1.82) is 0 Å². The maximum Gasteiger partial charge on any atom is 0.194 e. The minimum atomic E-state index is 0.501. The SMILES string of the molecule is COc1ccc(C(C)C)cc1-c1csc2nccn12. The summed E-state index contributed by atoms with van der Waals surface area (Å²) in [7, 11) is 1.71. The van der Waals surface area contributed by atoms with Crippen molar-refractivity contribution in [3.05, 3.63) is 41.5 Å². The highest BCUT2D eigenvalue weighted by atomic mass is 32.1. The second kappa shape index (κ2) is 4.70. The van der Waals surface area contributed by atoms with E-state index in [1.54, 1.807) is 18.4 Å². The molecule has 3 nitrogen and oxygen atoms in total. The second-order valence-corrected chi connectivity index (χ2v) is 5.65. The molecule has 0 N–H and O–H groups in total. The summed E-state index contributed by atoms with van der Waals surface area (Å²) in [6, 6.07) is 6.39. The van der Waals surface area contributed by atoms with Crippen molar-refractivity contribution in [2.45, 2.75) is 19.8 Å². The number of thiazole rings is 1. The summed E-state index contributed by atoms with van der Waals surface area (Å²) in [4.78, 5) is 5.33. The molecule has 0 aliphatic carbocycles. The average molecular weight is 272 g/mol. The zero-order valence-corrected chi connectivity index (χ0v) is 12.1. The second-order valence-electron chi connectivity index (χ2n) is 4.82. The van der Waals surface area contributed by atoms with Gasteiger partial charge >= 0.3 is 0 Å². The summed E-state index contributed by atoms with van der Waals surface area (Å²) in [5.41, 5.74) is 3.57. The molecule has 0 radical (unpaired) electrons. The van der Waals surface area contributed by atoms with Gasteiger partial charge < -0.3 is 4.74 Å². The lowest BCUT2D eigenvalue weighted by molar-refractivity contribution is 0.416. The minimum Gasteiger partial charge on any atom is -0.496 e. The smallest absolute Gasteiger partial charge is 0.194 e. The first-order chi connectivity index (χ1) is 9.20. The van der Waals surface area contributed by atoms with E-state index in [0.717, 1.165) is 22.0 Å². The largest absolute Gasteiger partial charge is 0.496 e. The van der Waals surface area contributed by atoms with E-state index in [-0.39, 0.29) is 0 Å². The molecule has 0 aliphatic heterocycles. The molecule has 0 atom stereocenters. The van der Waals surface area contributed by atoms with Crippen LogP contribution in [0, 0.1) is 0 Å². The lowest BCUT2D eigenvalue weighted by atomic mass is 9.99. The molecule has 19 heavy (non-hydrogen) atoms. The number of hydrogen-bond acceptors (Lipinski definition) is 3. The first-order valence-electron chi connectivity index (χ1n) is 6.29. The van der Waals surface area contributed by atoms with Crippen molar-refractivity contribution in [2.24, 2.45) is 0 Å². The van der Waals surface area contributed by atoms with E-state index in [1.807, 2.05) is 18.5 Å². The molecule has 0 spiro atoms. The van der Waals surface area contributed by atoms with Gasteiger partial charge in [0.05, 0.1) is 12.8 Å². The Morgan fingerprint density at radius 1 is 1.32 bits per heavy atom. The highest BCUT2D eigenvalue weighted by molar-refractivity contribution is 7.15. The molecule has 0 saturated carbocycles. The third-order valence-electron chi connectivity index (χ3n) is 3.31. The van der Waals surface area contributed by atoms with E-state index in [9.17, 15) is 0 Å². The van der Waals surface area contributed by atoms with Gasteiger partial charge in [-0.15, -0.1) is 11.3 Å². The Morgan fingerprint density at radius 2 is 2.16 bits per heavy atom. The Balaban J connectivity index is 2.22. The van der Waals surface area contributed by atoms with Crippen molar-refractivity contribution in [3.8, 4) is 17.0 Å². The minimum absolute atomic E-state index is 0.501. The van der Waals surface area contributed by atoms with Gasteiger partial charge in [0.25, 0.3) is 0 Å². The van der Waals surface area contributed by atoms with E-state index in [1.165, 1.54) is 5.56 Å². The van der Waals surface area contributed by atoms with Crippen molar-refractivity contribution in [2.75, 3.05) is 7.11 Å². The Labute approximate surface area is 116 Å². The normalized spacial score (nSPS) is 11.4. The zero-order chi connectivity index (χ0) is 13.4. The van der Waals surface area contributed by atoms with Crippen LogP contribution >= 0.6 is 11.3 Å². The highest BCUT2D eigenvalue weighted by Crippen LogP contribution is 2.35. The molecule has 0 amide bonds. The van der Waals surface area contributed by atoms with Crippen LogP contribution in [0.5, 0.6) is 5.75 Å². The number of hydrogen-bond donors (Lipinski definition) is 0. The number of ether oxygens (including phenoxy) is 1. The number of benzene rings is 1. The molecule has 3 aromatic rings. The lowest BCUT2D eigenvalue weighted by Gasteiger charge is -2.12. The van der Waals surface area contributed by atoms with Crippen LogP contribution in [-0.4, -0.2) is 16.5 Å². The van der Waals surface area contributed by atoms with Gasteiger partial charge in [-0.05, 0) is 23.6 Å². The van der Waals surface area contributed by atoms with Crippen LogP contribution in [0.1, 0.15) is 25.3 Å². The van der Waals surface area contributed by atoms with E-state index < -0.39 is 0 Å². The van der Waals surface area contributed by atoms with Gasteiger partial charge in [-0.25, -0.2) is 4.98 Å². The van der Waals surface area contributed by atoms with Gasteiger partial charge in [-0.1, -0.05) is 19.9 Å². The molecule has 0 unspecified atom stereocenters. The molecule has 98 valence electrons. The topological polar surface area (TPSA) is 26.5 Å². The molecular formula is C15H16N2OS. The molecular weight excluding hydrogens is 256 g/mol. The number of aromatic nitrogens is 2. The fourth-order valence-corrected chi connectivity index (χ4v) is 3.06. The predicted molar refractivity (Wildman–Crippen MR) is 79.1 cm³/mol. The van der Waals surface area contributed by atoms with Crippen LogP contribution in [0.4, 0.5) is 0 Å². The van der Waals surface area contributed by atoms with Gasteiger partial charge in [0.2, 0.25) is 0 Å². The maximum absolute atomic E-state index is 5.50. The third kappa shape index (κ3) is 2.02. The first-order valence-corrected chi connectivity index (χ1v) is 7.17. The molecule has 0 bridgehead atoms. The summed E-state index contributed by atoms with van der Waals surface area (Å²) in [5, 5.41) is 2.13. The summed E-state index contributed by atoms with van der Waals surface area (Å²) < 4.78 is 7.60. The Kier molecular flexibility index (Phi) is 3.03. The van der Waals surface area contributed by atoms with E-state index in [4.69, 9.17) is 4.74 Å². The Bertz CT molecular complexity index is 712. The molecule has 0 fully saturated rings. The predicted octanol–water partition coefficient (Wildman–Crippen LogP) is 4.19. The lowest BCUT2D eigenvalue weighted by Crippen LogP contribution is -1.94. The molecule has 0 saturated heterocycles. The number of fused-ring (bicyclic) bond motifs is 1.